The summed E-state index contributed by atoms with van der Waals surface area (Å²) in [6.45, 7) is -26.7. The third-order valence-electron chi connectivity index (χ3n) is 2.95. The molecule has 1 unspecified atom stereocenters. The van der Waals surface area contributed by atoms with E-state index >= 15 is 0 Å². The van der Waals surface area contributed by atoms with E-state index in [2.05, 4.69) is 4.74 Å². The predicted molar refractivity (Wildman–Crippen MR) is 106 cm³/mol. The van der Waals surface area contributed by atoms with Gasteiger partial charge in [-0.1, -0.05) is 54.0 Å². The van der Waals surface area contributed by atoms with Gasteiger partial charge in [0.2, 0.25) is 0 Å². The van der Waals surface area contributed by atoms with Gasteiger partial charge in [-0.15, -0.1) is 0 Å². The van der Waals surface area contributed by atoms with Crippen molar-refractivity contribution in [2.45, 2.75) is 6.02 Å². The summed E-state index contributed by atoms with van der Waals surface area (Å²) >= 11 is 5.90. The Hall–Kier alpha value is -1.92. The summed E-state index contributed by atoms with van der Waals surface area (Å²) in [5.74, 6) is -1.83. The molecule has 3 rings (SSSR count). The van der Waals surface area contributed by atoms with E-state index < -0.39 is 120 Å². The van der Waals surface area contributed by atoms with E-state index in [1.54, 1.807) is 0 Å². The van der Waals surface area contributed by atoms with Crippen molar-refractivity contribution in [3.63, 3.8) is 0 Å². The van der Waals surface area contributed by atoms with E-state index in [0.717, 1.165) is 18.2 Å². The van der Waals surface area contributed by atoms with Crippen LogP contribution in [-0.4, -0.2) is 66.5 Å². The molecule has 0 aliphatic carbocycles. The molecule has 0 amide bonds. The number of carboxylic acids is 1. The van der Waals surface area contributed by atoms with Crippen LogP contribution in [0.5, 0.6) is 0 Å². The second-order valence-corrected chi connectivity index (χ2v) is 5.15. The van der Waals surface area contributed by atoms with Gasteiger partial charge in [-0.25, -0.2) is 4.79 Å². The summed E-state index contributed by atoms with van der Waals surface area (Å²) in [5.41, 5.74) is -2.04. The lowest BCUT2D eigenvalue weighted by Crippen LogP contribution is -2.48. The molecule has 2 aromatic carbocycles. The lowest BCUT2D eigenvalue weighted by molar-refractivity contribution is -0.142. The average molecular weight is 408 g/mol. The van der Waals surface area contributed by atoms with Crippen LogP contribution in [0.2, 0.25) is 5.02 Å². The number of carbonyl (C=O) groups is 1. The third-order valence-corrected chi connectivity index (χ3v) is 3.13. The van der Waals surface area contributed by atoms with Crippen molar-refractivity contribution < 1.29 is 40.7 Å². The van der Waals surface area contributed by atoms with Crippen LogP contribution in [0.25, 0.3) is 0 Å². The molecule has 1 heterocycles. The SMILES string of the molecule is [2H]c1cc([2H])cc(C([2H])(c2c([2H])c([2H])c(Cl)c([2H])c2[2H])N2C([2H])([2H])C([2H])([2H])N(C([2H])([2H])C([2H])([2H])OCC(=O)O)C([2H])([2H])C2([2H])[2H])c1. The Morgan fingerprint density at radius 2 is 1.93 bits per heavy atom. The number of carboxylic acid groups (broad SMARTS) is 1. The maximum Gasteiger partial charge on any atom is 0.329 e. The van der Waals surface area contributed by atoms with Gasteiger partial charge in [-0.05, 0) is 23.2 Å². The van der Waals surface area contributed by atoms with Crippen LogP contribution < -0.4 is 0 Å². The number of halogens is 1. The highest BCUT2D eigenvalue weighted by molar-refractivity contribution is 6.30. The maximum absolute atomic E-state index is 11.0. The van der Waals surface area contributed by atoms with Gasteiger partial charge in [-0.2, -0.15) is 0 Å². The molecule has 2 aromatic rings. The van der Waals surface area contributed by atoms with E-state index in [4.69, 9.17) is 41.4 Å². The highest BCUT2D eigenvalue weighted by Gasteiger charge is 2.26. The minimum atomic E-state index is -4.26. The van der Waals surface area contributed by atoms with E-state index in [0.29, 0.717) is 0 Å². The molecule has 0 spiro atoms. The molecule has 27 heavy (non-hydrogen) atoms. The molecule has 5 nitrogen and oxygen atoms in total. The molecule has 1 fully saturated rings. The number of hydrogen-bond acceptors (Lipinski definition) is 4. The Kier molecular flexibility index (Phi) is 2.50. The summed E-state index contributed by atoms with van der Waals surface area (Å²) in [6, 6.07) is -6.81. The highest BCUT2D eigenvalue weighted by Crippen LogP contribution is 2.30. The van der Waals surface area contributed by atoms with Gasteiger partial charge in [0.25, 0.3) is 0 Å². The van der Waals surface area contributed by atoms with Gasteiger partial charge in [0.15, 0.2) is 0 Å². The molecule has 0 bridgehead atoms. The number of benzene rings is 2. The Morgan fingerprint density at radius 1 is 1.26 bits per heavy atom. The summed E-state index contributed by atoms with van der Waals surface area (Å²) in [6.07, 6.45) is 0. The first-order valence-electron chi connectivity index (χ1n) is 16.8. The van der Waals surface area contributed by atoms with Crippen molar-refractivity contribution in [2.24, 2.45) is 0 Å². The van der Waals surface area contributed by atoms with Crippen LogP contribution in [0.4, 0.5) is 0 Å². The highest BCUT2D eigenvalue weighted by atomic mass is 35.5. The molecule has 1 aliphatic rings. The minimum absolute atomic E-state index is 0.473. The van der Waals surface area contributed by atoms with Crippen LogP contribution in [0, 0.1) is 0 Å². The first-order chi connectivity index (χ1) is 20.5. The lowest BCUT2D eigenvalue weighted by atomic mass is 9.96. The maximum atomic E-state index is 11.0. The molecule has 6 heteroatoms. The average Bonchev–Trinajstić information content (AvgIpc) is 2.87. The molecule has 1 aliphatic heterocycles. The topological polar surface area (TPSA) is 53.0 Å². The smallest absolute Gasteiger partial charge is 0.329 e. The number of rotatable bonds is 8. The quantitative estimate of drug-likeness (QED) is 0.728. The van der Waals surface area contributed by atoms with Crippen LogP contribution >= 0.6 is 11.6 Å². The molecule has 1 saturated heterocycles. The molecular formula is C21H25ClN2O3. The van der Waals surface area contributed by atoms with Crippen LogP contribution in [0.1, 0.15) is 43.2 Å². The standard InChI is InChI=1S/C21H25ClN2O3/c22-19-8-6-18(7-9-19)21(17-4-2-1-3-5-17)24-12-10-23(11-13-24)14-15-27-16-20(25)26/h1-9,21H,10-16H2,(H,25,26)/i2D,3D,6D,7D,8D,9D,10D2,11D2,12D2,13D2,14D2,15D2,21D. The second-order valence-electron chi connectivity index (χ2n) is 4.77. The summed E-state index contributed by atoms with van der Waals surface area (Å²) in [5, 5.41) is 8.11. The predicted octanol–water partition coefficient (Wildman–Crippen LogP) is 3.15. The Morgan fingerprint density at radius 3 is 2.56 bits per heavy atom. The molecule has 0 saturated carbocycles. The molecule has 0 radical (unpaired) electrons. The zero-order valence-corrected chi connectivity index (χ0v) is 14.2. The summed E-state index contributed by atoms with van der Waals surface area (Å²) < 4.78 is 166. The number of hydrogen-bond donors (Lipinski definition) is 1. The van der Waals surface area contributed by atoms with Crippen molar-refractivity contribution in [3.8, 4) is 0 Å². The van der Waals surface area contributed by atoms with E-state index in [1.165, 1.54) is 0 Å². The Labute approximate surface area is 191 Å². The van der Waals surface area contributed by atoms with Crippen molar-refractivity contribution in [2.75, 3.05) is 45.7 Å². The Bertz CT molecular complexity index is 1490. The summed E-state index contributed by atoms with van der Waals surface area (Å²) in [7, 11) is 0. The fraction of sp³-hybridized carbons (Fsp3) is 0.381. The van der Waals surface area contributed by atoms with Crippen LogP contribution in [0.3, 0.4) is 0 Å². The van der Waals surface area contributed by atoms with Gasteiger partial charge in [0, 0.05) is 51.2 Å². The van der Waals surface area contributed by atoms with Gasteiger partial charge in [-0.3, -0.25) is 9.80 Å². The van der Waals surface area contributed by atoms with E-state index in [9.17, 15) is 6.17 Å². The molecule has 0 aromatic heterocycles. The zero-order chi connectivity index (χ0) is 36.0. The second kappa shape index (κ2) is 9.85. The van der Waals surface area contributed by atoms with Crippen molar-refractivity contribution in [1.29, 1.82) is 0 Å². The van der Waals surface area contributed by atoms with Crippen molar-refractivity contribution >= 4 is 17.6 Å². The first kappa shape index (κ1) is 6.85. The largest absolute Gasteiger partial charge is 0.480 e. The number of ether oxygens (including phenoxy) is 1. The van der Waals surface area contributed by atoms with Crippen LogP contribution in [0.15, 0.2) is 54.5 Å². The summed E-state index contributed by atoms with van der Waals surface area (Å²) in [4.78, 5) is 9.70. The monoisotopic (exact) mass is 407 g/mol. The molecular weight excluding hydrogens is 364 g/mol. The van der Waals surface area contributed by atoms with E-state index in [1.807, 2.05) is 0 Å². The molecule has 144 valence electrons. The van der Waals surface area contributed by atoms with Crippen molar-refractivity contribution in [3.05, 3.63) is 70.6 Å². The van der Waals surface area contributed by atoms with E-state index in [-0.39, 0.29) is 0 Å². The fourth-order valence-corrected chi connectivity index (χ4v) is 1.98. The molecule has 1 N–H and O–H groups in total. The van der Waals surface area contributed by atoms with Crippen LogP contribution in [-0.2, 0) is 9.53 Å². The molecule has 1 atom stereocenters. The first-order valence-corrected chi connectivity index (χ1v) is 7.66. The van der Waals surface area contributed by atoms with Gasteiger partial charge >= 0.3 is 5.97 Å². The number of aliphatic carboxylic acids is 1. The van der Waals surface area contributed by atoms with Gasteiger partial charge in [0.05, 0.1) is 24.9 Å². The normalized spacial score (nSPS) is 36.9. The number of piperazine rings is 1. The van der Waals surface area contributed by atoms with Crippen molar-refractivity contribution in [1.82, 2.24) is 9.80 Å². The number of nitrogens with zero attached hydrogens (tertiary/aromatic N) is 2. The fourth-order valence-electron chi connectivity index (χ4n) is 1.89. The lowest BCUT2D eigenvalue weighted by Gasteiger charge is -2.39. The minimum Gasteiger partial charge on any atom is -0.480 e. The third kappa shape index (κ3) is 5.78. The van der Waals surface area contributed by atoms with Gasteiger partial charge < -0.3 is 9.84 Å². The zero-order valence-electron chi connectivity index (χ0n) is 32.5. The van der Waals surface area contributed by atoms with Gasteiger partial charge in [0.1, 0.15) is 6.61 Å². The Balaban J connectivity index is 2.55.